The standard InChI is InChI=1S/C17H23NO2/c1-11-4-7-15(20-3)10-16(11)17(19)12-8-13-5-6-14(9-12)18(13)2/h4,7,10,12-14H,5-6,8-9H2,1-3H3. The Morgan fingerprint density at radius 1 is 1.25 bits per heavy atom. The van der Waals surface area contributed by atoms with E-state index in [2.05, 4.69) is 11.9 Å². The number of hydrogen-bond acceptors (Lipinski definition) is 3. The molecule has 0 saturated carbocycles. The van der Waals surface area contributed by atoms with Crippen LogP contribution in [-0.2, 0) is 0 Å². The highest BCUT2D eigenvalue weighted by molar-refractivity contribution is 5.99. The molecule has 2 fully saturated rings. The predicted octanol–water partition coefficient (Wildman–Crippen LogP) is 3.06. The first-order valence-electron chi connectivity index (χ1n) is 7.51. The second kappa shape index (κ2) is 5.21. The molecule has 2 atom stereocenters. The first-order valence-corrected chi connectivity index (χ1v) is 7.51. The lowest BCUT2D eigenvalue weighted by molar-refractivity contribution is 0.0766. The summed E-state index contributed by atoms with van der Waals surface area (Å²) in [5.41, 5.74) is 1.90. The highest BCUT2D eigenvalue weighted by Gasteiger charge is 2.41. The largest absolute Gasteiger partial charge is 0.497 e. The van der Waals surface area contributed by atoms with Crippen molar-refractivity contribution in [3.05, 3.63) is 29.3 Å². The van der Waals surface area contributed by atoms with Crippen molar-refractivity contribution in [2.45, 2.75) is 44.7 Å². The number of fused-ring (bicyclic) bond motifs is 2. The highest BCUT2D eigenvalue weighted by Crippen LogP contribution is 2.39. The van der Waals surface area contributed by atoms with E-state index >= 15 is 0 Å². The van der Waals surface area contributed by atoms with Gasteiger partial charge in [0.1, 0.15) is 5.75 Å². The fraction of sp³-hybridized carbons (Fsp3) is 0.588. The van der Waals surface area contributed by atoms with Crippen molar-refractivity contribution >= 4 is 5.78 Å². The van der Waals surface area contributed by atoms with Crippen LogP contribution in [0.1, 0.15) is 41.6 Å². The maximum atomic E-state index is 12.8. The molecule has 2 aliphatic rings. The van der Waals surface area contributed by atoms with Gasteiger partial charge in [-0.3, -0.25) is 4.79 Å². The van der Waals surface area contributed by atoms with Crippen molar-refractivity contribution in [3.63, 3.8) is 0 Å². The van der Waals surface area contributed by atoms with Gasteiger partial charge in [0.2, 0.25) is 0 Å². The Morgan fingerprint density at radius 3 is 2.50 bits per heavy atom. The zero-order valence-corrected chi connectivity index (χ0v) is 12.6. The number of nitrogens with zero attached hydrogens (tertiary/aromatic N) is 1. The topological polar surface area (TPSA) is 29.5 Å². The van der Waals surface area contributed by atoms with Crippen LogP contribution in [0.25, 0.3) is 0 Å². The predicted molar refractivity (Wildman–Crippen MR) is 79.4 cm³/mol. The Labute approximate surface area is 120 Å². The van der Waals surface area contributed by atoms with Gasteiger partial charge in [-0.1, -0.05) is 6.07 Å². The van der Waals surface area contributed by atoms with Crippen molar-refractivity contribution in [2.24, 2.45) is 5.92 Å². The van der Waals surface area contributed by atoms with Gasteiger partial charge >= 0.3 is 0 Å². The minimum absolute atomic E-state index is 0.189. The summed E-state index contributed by atoms with van der Waals surface area (Å²) in [5.74, 6) is 1.27. The molecule has 0 amide bonds. The molecule has 2 aliphatic heterocycles. The van der Waals surface area contributed by atoms with Crippen LogP contribution in [0.4, 0.5) is 0 Å². The van der Waals surface area contributed by atoms with Crippen LogP contribution in [0.5, 0.6) is 5.75 Å². The number of carbonyl (C=O) groups is 1. The Morgan fingerprint density at radius 2 is 1.90 bits per heavy atom. The summed E-state index contributed by atoms with van der Waals surface area (Å²) in [6.45, 7) is 2.01. The van der Waals surface area contributed by atoms with E-state index in [1.165, 1.54) is 12.8 Å². The van der Waals surface area contributed by atoms with Crippen LogP contribution in [0.2, 0.25) is 0 Å². The first kappa shape index (κ1) is 13.6. The number of aryl methyl sites for hydroxylation is 1. The lowest BCUT2D eigenvalue weighted by Crippen LogP contribution is -2.42. The van der Waals surface area contributed by atoms with E-state index in [4.69, 9.17) is 4.74 Å². The molecule has 20 heavy (non-hydrogen) atoms. The molecule has 3 nitrogen and oxygen atoms in total. The number of ether oxygens (including phenoxy) is 1. The average molecular weight is 273 g/mol. The van der Waals surface area contributed by atoms with E-state index in [9.17, 15) is 4.79 Å². The van der Waals surface area contributed by atoms with Crippen LogP contribution in [0.15, 0.2) is 18.2 Å². The summed E-state index contributed by atoms with van der Waals surface area (Å²) in [7, 11) is 3.86. The fourth-order valence-corrected chi connectivity index (χ4v) is 3.84. The molecule has 3 heteroatoms. The summed E-state index contributed by atoms with van der Waals surface area (Å²) < 4.78 is 5.26. The molecule has 2 saturated heterocycles. The van der Waals surface area contributed by atoms with Gasteiger partial charge in [-0.05, 0) is 57.4 Å². The van der Waals surface area contributed by atoms with E-state index < -0.39 is 0 Å². The van der Waals surface area contributed by atoms with Gasteiger partial charge in [-0.15, -0.1) is 0 Å². The summed E-state index contributed by atoms with van der Waals surface area (Å²) in [4.78, 5) is 15.3. The van der Waals surface area contributed by atoms with E-state index in [0.717, 1.165) is 29.7 Å². The molecule has 2 bridgehead atoms. The van der Waals surface area contributed by atoms with Crippen molar-refractivity contribution in [3.8, 4) is 5.75 Å². The summed E-state index contributed by atoms with van der Waals surface area (Å²) >= 11 is 0. The van der Waals surface area contributed by atoms with Crippen LogP contribution >= 0.6 is 0 Å². The van der Waals surface area contributed by atoms with Crippen LogP contribution in [-0.4, -0.2) is 36.9 Å². The van der Waals surface area contributed by atoms with Crippen LogP contribution in [0, 0.1) is 12.8 Å². The molecule has 0 radical (unpaired) electrons. The second-order valence-corrected chi connectivity index (χ2v) is 6.26. The van der Waals surface area contributed by atoms with Gasteiger partial charge in [0, 0.05) is 23.6 Å². The summed E-state index contributed by atoms with van der Waals surface area (Å²) in [6.07, 6.45) is 4.54. The Kier molecular flexibility index (Phi) is 3.55. The summed E-state index contributed by atoms with van der Waals surface area (Å²) in [5, 5.41) is 0. The highest BCUT2D eigenvalue weighted by atomic mass is 16.5. The normalized spacial score (nSPS) is 29.4. The van der Waals surface area contributed by atoms with Crippen molar-refractivity contribution in [1.82, 2.24) is 4.90 Å². The Hall–Kier alpha value is -1.35. The van der Waals surface area contributed by atoms with E-state index in [1.807, 2.05) is 25.1 Å². The molecule has 2 heterocycles. The molecule has 1 aromatic carbocycles. The molecule has 0 aliphatic carbocycles. The van der Waals surface area contributed by atoms with E-state index in [1.54, 1.807) is 7.11 Å². The molecule has 108 valence electrons. The molecular weight excluding hydrogens is 250 g/mol. The number of hydrogen-bond donors (Lipinski definition) is 0. The van der Waals surface area contributed by atoms with Gasteiger partial charge in [0.15, 0.2) is 5.78 Å². The number of benzene rings is 1. The number of carbonyl (C=O) groups excluding carboxylic acids is 1. The lowest BCUT2D eigenvalue weighted by atomic mass is 9.84. The summed E-state index contributed by atoms with van der Waals surface area (Å²) in [6, 6.07) is 7.01. The molecule has 2 unspecified atom stereocenters. The number of Topliss-reactive ketones (excluding diaryl/α,β-unsaturated/α-hetero) is 1. The van der Waals surface area contributed by atoms with Gasteiger partial charge in [-0.2, -0.15) is 0 Å². The Bertz CT molecular complexity index is 512. The quantitative estimate of drug-likeness (QED) is 0.793. The smallest absolute Gasteiger partial charge is 0.166 e. The lowest BCUT2D eigenvalue weighted by Gasteiger charge is -2.35. The minimum atomic E-state index is 0.189. The zero-order chi connectivity index (χ0) is 14.3. The average Bonchev–Trinajstić information content (AvgIpc) is 2.68. The maximum Gasteiger partial charge on any atom is 0.166 e. The number of ketones is 1. The third kappa shape index (κ3) is 2.24. The van der Waals surface area contributed by atoms with Crippen molar-refractivity contribution < 1.29 is 9.53 Å². The van der Waals surface area contributed by atoms with E-state index in [-0.39, 0.29) is 5.92 Å². The minimum Gasteiger partial charge on any atom is -0.497 e. The monoisotopic (exact) mass is 273 g/mol. The molecule has 0 N–H and O–H groups in total. The van der Waals surface area contributed by atoms with Gasteiger partial charge in [0.25, 0.3) is 0 Å². The van der Waals surface area contributed by atoms with Crippen molar-refractivity contribution in [2.75, 3.05) is 14.2 Å². The Balaban J connectivity index is 1.83. The molecule has 1 aromatic rings. The number of piperidine rings is 1. The third-order valence-electron chi connectivity index (χ3n) is 5.18. The maximum absolute atomic E-state index is 12.8. The molecule has 0 spiro atoms. The number of methoxy groups -OCH3 is 1. The zero-order valence-electron chi connectivity index (χ0n) is 12.6. The van der Waals surface area contributed by atoms with Crippen LogP contribution < -0.4 is 4.74 Å². The van der Waals surface area contributed by atoms with Gasteiger partial charge < -0.3 is 9.64 Å². The SMILES string of the molecule is COc1ccc(C)c(C(=O)C2CC3CCC(C2)N3C)c1. The molecule has 0 aromatic heterocycles. The molecular formula is C17H23NO2. The molecule has 3 rings (SSSR count). The van der Waals surface area contributed by atoms with Gasteiger partial charge in [0.05, 0.1) is 7.11 Å². The van der Waals surface area contributed by atoms with Crippen LogP contribution in [0.3, 0.4) is 0 Å². The fourth-order valence-electron chi connectivity index (χ4n) is 3.84. The first-order chi connectivity index (χ1) is 9.60. The second-order valence-electron chi connectivity index (χ2n) is 6.26. The van der Waals surface area contributed by atoms with Crippen molar-refractivity contribution in [1.29, 1.82) is 0 Å². The number of rotatable bonds is 3. The van der Waals surface area contributed by atoms with Gasteiger partial charge in [-0.25, -0.2) is 0 Å². The third-order valence-corrected chi connectivity index (χ3v) is 5.18. The van der Waals surface area contributed by atoms with E-state index in [0.29, 0.717) is 17.9 Å².